The van der Waals surface area contributed by atoms with Crippen molar-refractivity contribution in [2.45, 2.75) is 6.18 Å². The lowest BCUT2D eigenvalue weighted by molar-refractivity contribution is -0.138. The number of carboxylic acid groups (broad SMARTS) is 1. The zero-order valence-electron chi connectivity index (χ0n) is 11.3. The maximum atomic E-state index is 13.0. The van der Waals surface area contributed by atoms with E-state index < -0.39 is 35.0 Å². The number of anilines is 1. The number of alkyl halides is 3. The van der Waals surface area contributed by atoms with Crippen LogP contribution in [0.25, 0.3) is 0 Å². The van der Waals surface area contributed by atoms with Crippen LogP contribution in [0.4, 0.5) is 23.2 Å². The van der Waals surface area contributed by atoms with Crippen molar-refractivity contribution in [1.82, 2.24) is 0 Å². The Bertz CT molecular complexity index is 754. The predicted octanol–water partition coefficient (Wildman–Crippen LogP) is 3.80. The third kappa shape index (κ3) is 3.85. The van der Waals surface area contributed by atoms with Crippen LogP contribution in [0.5, 0.6) is 0 Å². The summed E-state index contributed by atoms with van der Waals surface area (Å²) in [5, 5.41) is 10.9. The normalized spacial score (nSPS) is 11.1. The number of carbonyl (C=O) groups is 2. The van der Waals surface area contributed by atoms with Crippen molar-refractivity contribution in [2.24, 2.45) is 0 Å². The van der Waals surface area contributed by atoms with E-state index in [9.17, 15) is 27.2 Å². The molecule has 2 rings (SSSR count). The Kier molecular flexibility index (Phi) is 4.35. The first-order valence-electron chi connectivity index (χ1n) is 6.20. The van der Waals surface area contributed by atoms with E-state index in [0.717, 1.165) is 12.1 Å². The van der Waals surface area contributed by atoms with Gasteiger partial charge in [0.05, 0.1) is 16.7 Å². The Morgan fingerprint density at radius 2 is 1.61 bits per heavy atom. The van der Waals surface area contributed by atoms with Crippen LogP contribution in [0.1, 0.15) is 26.3 Å². The Morgan fingerprint density at radius 3 is 2.13 bits per heavy atom. The molecule has 0 saturated carbocycles. The van der Waals surface area contributed by atoms with E-state index in [0.29, 0.717) is 0 Å². The number of carboxylic acids is 1. The number of carbonyl (C=O) groups excluding carboxylic acids is 1. The molecule has 0 bridgehead atoms. The summed E-state index contributed by atoms with van der Waals surface area (Å²) in [6.45, 7) is 0. The van der Waals surface area contributed by atoms with Gasteiger partial charge in [-0.05, 0) is 42.5 Å². The fourth-order valence-electron chi connectivity index (χ4n) is 1.84. The smallest absolute Gasteiger partial charge is 0.417 e. The molecule has 0 unspecified atom stereocenters. The van der Waals surface area contributed by atoms with Crippen molar-refractivity contribution >= 4 is 17.6 Å². The zero-order chi connectivity index (χ0) is 17.2. The number of hydrogen-bond donors (Lipinski definition) is 2. The van der Waals surface area contributed by atoms with Gasteiger partial charge in [-0.15, -0.1) is 0 Å². The van der Waals surface area contributed by atoms with E-state index in [1.165, 1.54) is 24.3 Å². The third-order valence-electron chi connectivity index (χ3n) is 2.92. The number of rotatable bonds is 3. The van der Waals surface area contributed by atoms with Crippen LogP contribution >= 0.6 is 0 Å². The van der Waals surface area contributed by atoms with E-state index in [1.807, 2.05) is 0 Å². The summed E-state index contributed by atoms with van der Waals surface area (Å²) in [5.41, 5.74) is -2.06. The molecule has 1 amide bonds. The van der Waals surface area contributed by atoms with Gasteiger partial charge in [0, 0.05) is 5.69 Å². The van der Waals surface area contributed by atoms with Crippen molar-refractivity contribution < 1.29 is 32.3 Å². The molecule has 0 aliphatic carbocycles. The lowest BCUT2D eigenvalue weighted by Gasteiger charge is -2.13. The summed E-state index contributed by atoms with van der Waals surface area (Å²) in [7, 11) is 0. The number of aromatic carboxylic acids is 1. The number of halogens is 4. The first kappa shape index (κ1) is 16.5. The predicted molar refractivity (Wildman–Crippen MR) is 72.8 cm³/mol. The summed E-state index contributed by atoms with van der Waals surface area (Å²) in [6, 6.07) is 6.57. The number of benzene rings is 2. The van der Waals surface area contributed by atoms with E-state index in [1.54, 1.807) is 0 Å². The molecule has 23 heavy (non-hydrogen) atoms. The van der Waals surface area contributed by atoms with Crippen LogP contribution in [0.3, 0.4) is 0 Å². The average Bonchev–Trinajstić information content (AvgIpc) is 2.46. The molecule has 0 radical (unpaired) electrons. The quantitative estimate of drug-likeness (QED) is 0.843. The molecule has 120 valence electrons. The molecule has 0 aliphatic rings. The van der Waals surface area contributed by atoms with Crippen LogP contribution in [-0.2, 0) is 6.18 Å². The molecule has 0 heterocycles. The fourth-order valence-corrected chi connectivity index (χ4v) is 1.84. The van der Waals surface area contributed by atoms with Gasteiger partial charge in [-0.1, -0.05) is 0 Å². The van der Waals surface area contributed by atoms with Gasteiger partial charge in [-0.3, -0.25) is 4.79 Å². The first-order chi connectivity index (χ1) is 10.7. The highest BCUT2D eigenvalue weighted by Crippen LogP contribution is 2.32. The maximum Gasteiger partial charge on any atom is 0.417 e. The molecule has 0 saturated heterocycles. The van der Waals surface area contributed by atoms with E-state index in [2.05, 4.69) is 5.32 Å². The second-order valence-corrected chi connectivity index (χ2v) is 4.52. The van der Waals surface area contributed by atoms with Crippen molar-refractivity contribution in [3.8, 4) is 0 Å². The summed E-state index contributed by atoms with van der Waals surface area (Å²) >= 11 is 0. The molecule has 4 nitrogen and oxygen atoms in total. The number of hydrogen-bond acceptors (Lipinski definition) is 2. The van der Waals surface area contributed by atoms with E-state index in [4.69, 9.17) is 5.11 Å². The highest BCUT2D eigenvalue weighted by atomic mass is 19.4. The van der Waals surface area contributed by atoms with Gasteiger partial charge in [0.25, 0.3) is 5.91 Å². The molecule has 0 fully saturated rings. The van der Waals surface area contributed by atoms with Crippen LogP contribution < -0.4 is 5.32 Å². The Morgan fingerprint density at radius 1 is 1.00 bits per heavy atom. The number of amides is 1. The number of nitrogens with one attached hydrogen (secondary N) is 1. The SMILES string of the molecule is O=C(O)c1ccc(NC(=O)c2ccc(F)cc2C(F)(F)F)cc1. The molecular formula is C15H9F4NO3. The van der Waals surface area contributed by atoms with Crippen LogP contribution in [0.15, 0.2) is 42.5 Å². The molecule has 2 aromatic rings. The maximum absolute atomic E-state index is 13.0. The minimum Gasteiger partial charge on any atom is -0.478 e. The van der Waals surface area contributed by atoms with Crippen LogP contribution in [0.2, 0.25) is 0 Å². The second-order valence-electron chi connectivity index (χ2n) is 4.52. The van der Waals surface area contributed by atoms with Gasteiger partial charge in [0.1, 0.15) is 5.82 Å². The molecule has 0 aliphatic heterocycles. The summed E-state index contributed by atoms with van der Waals surface area (Å²) in [6.07, 6.45) is -4.89. The van der Waals surface area contributed by atoms with Gasteiger partial charge >= 0.3 is 12.1 Å². The van der Waals surface area contributed by atoms with Gasteiger partial charge < -0.3 is 10.4 Å². The van der Waals surface area contributed by atoms with Crippen LogP contribution in [0, 0.1) is 5.82 Å². The van der Waals surface area contributed by atoms with E-state index >= 15 is 0 Å². The minimum absolute atomic E-state index is 0.0410. The third-order valence-corrected chi connectivity index (χ3v) is 2.92. The van der Waals surface area contributed by atoms with E-state index in [-0.39, 0.29) is 17.3 Å². The van der Waals surface area contributed by atoms with Gasteiger partial charge in [-0.2, -0.15) is 13.2 Å². The van der Waals surface area contributed by atoms with Gasteiger partial charge in [-0.25, -0.2) is 9.18 Å². The molecule has 0 spiro atoms. The first-order valence-corrected chi connectivity index (χ1v) is 6.20. The molecule has 0 atom stereocenters. The molecule has 2 N–H and O–H groups in total. The molecule has 0 aromatic heterocycles. The topological polar surface area (TPSA) is 66.4 Å². The Balaban J connectivity index is 2.29. The molecule has 8 heteroatoms. The largest absolute Gasteiger partial charge is 0.478 e. The Labute approximate surface area is 127 Å². The molecular weight excluding hydrogens is 318 g/mol. The summed E-state index contributed by atoms with van der Waals surface area (Å²) in [4.78, 5) is 22.7. The fraction of sp³-hybridized carbons (Fsp3) is 0.0667. The summed E-state index contributed by atoms with van der Waals surface area (Å²) < 4.78 is 51.6. The highest BCUT2D eigenvalue weighted by Gasteiger charge is 2.35. The zero-order valence-corrected chi connectivity index (χ0v) is 11.3. The Hall–Kier alpha value is -2.90. The van der Waals surface area contributed by atoms with Crippen LogP contribution in [-0.4, -0.2) is 17.0 Å². The van der Waals surface area contributed by atoms with Gasteiger partial charge in [0.2, 0.25) is 0 Å². The summed E-state index contributed by atoms with van der Waals surface area (Å²) in [5.74, 6) is -3.37. The standard InChI is InChI=1S/C15H9F4NO3/c16-9-3-6-11(12(7-9)15(17,18)19)13(21)20-10-4-1-8(2-5-10)14(22)23/h1-7H,(H,20,21)(H,22,23). The van der Waals surface area contributed by atoms with Crippen molar-refractivity contribution in [3.63, 3.8) is 0 Å². The molecule has 2 aromatic carbocycles. The van der Waals surface area contributed by atoms with Gasteiger partial charge in [0.15, 0.2) is 0 Å². The van der Waals surface area contributed by atoms with Crippen molar-refractivity contribution in [2.75, 3.05) is 5.32 Å². The lowest BCUT2D eigenvalue weighted by Crippen LogP contribution is -2.19. The minimum atomic E-state index is -4.89. The second kappa shape index (κ2) is 6.07. The average molecular weight is 327 g/mol. The monoisotopic (exact) mass is 327 g/mol. The lowest BCUT2D eigenvalue weighted by atomic mass is 10.1. The van der Waals surface area contributed by atoms with Crippen molar-refractivity contribution in [1.29, 1.82) is 0 Å². The highest BCUT2D eigenvalue weighted by molar-refractivity contribution is 6.05. The van der Waals surface area contributed by atoms with Crippen molar-refractivity contribution in [3.05, 3.63) is 65.0 Å².